The fourth-order valence-electron chi connectivity index (χ4n) is 7.23. The molecular formula is C38H19N3O2. The highest BCUT2D eigenvalue weighted by Gasteiger charge is 2.24. The van der Waals surface area contributed by atoms with Crippen molar-refractivity contribution in [2.45, 2.75) is 0 Å². The van der Waals surface area contributed by atoms with Gasteiger partial charge in [-0.25, -0.2) is 9.97 Å². The van der Waals surface area contributed by atoms with Crippen LogP contribution in [0.3, 0.4) is 0 Å². The van der Waals surface area contributed by atoms with Crippen molar-refractivity contribution in [3.63, 3.8) is 0 Å². The van der Waals surface area contributed by atoms with Crippen LogP contribution in [0.1, 0.15) is 0 Å². The molecule has 0 radical (unpaired) electrons. The number of nitrogens with zero attached hydrogens (tertiary/aromatic N) is 3. The van der Waals surface area contributed by atoms with Crippen LogP contribution in [0.4, 0.5) is 0 Å². The zero-order chi connectivity index (χ0) is 27.8. The van der Waals surface area contributed by atoms with E-state index in [1.54, 1.807) is 0 Å². The first kappa shape index (κ1) is 21.8. The Balaban J connectivity index is 1.35. The molecule has 0 atom stereocenters. The van der Waals surface area contributed by atoms with Crippen molar-refractivity contribution >= 4 is 93.3 Å². The summed E-state index contributed by atoms with van der Waals surface area (Å²) in [6.07, 6.45) is 0. The quantitative estimate of drug-likeness (QED) is 0.204. The van der Waals surface area contributed by atoms with Gasteiger partial charge < -0.3 is 8.83 Å². The van der Waals surface area contributed by atoms with Crippen molar-refractivity contribution in [2.75, 3.05) is 0 Å². The van der Waals surface area contributed by atoms with E-state index in [0.29, 0.717) is 0 Å². The monoisotopic (exact) mass is 549 g/mol. The van der Waals surface area contributed by atoms with Gasteiger partial charge in [0.25, 0.3) is 0 Å². The predicted molar refractivity (Wildman–Crippen MR) is 174 cm³/mol. The first-order valence-corrected chi connectivity index (χ1v) is 14.4. The van der Waals surface area contributed by atoms with Crippen LogP contribution in [0.2, 0.25) is 0 Å². The highest BCUT2D eigenvalue weighted by atomic mass is 16.3. The maximum atomic E-state index is 6.33. The molecule has 6 aromatic carbocycles. The summed E-state index contributed by atoms with van der Waals surface area (Å²) >= 11 is 0. The Labute approximate surface area is 242 Å². The molecule has 0 aliphatic heterocycles. The van der Waals surface area contributed by atoms with Gasteiger partial charge >= 0.3 is 0 Å². The molecule has 43 heavy (non-hydrogen) atoms. The topological polar surface area (TPSA) is 56.5 Å². The van der Waals surface area contributed by atoms with Gasteiger partial charge in [-0.2, -0.15) is 0 Å². The number of aromatic nitrogens is 3. The molecule has 5 nitrogen and oxygen atoms in total. The minimum atomic E-state index is 0.861. The third-order valence-corrected chi connectivity index (χ3v) is 9.09. The molecule has 198 valence electrons. The molecule has 0 saturated carbocycles. The van der Waals surface area contributed by atoms with Crippen molar-refractivity contribution in [1.29, 1.82) is 0 Å². The lowest BCUT2D eigenvalue weighted by atomic mass is 9.98. The second kappa shape index (κ2) is 7.46. The van der Waals surface area contributed by atoms with E-state index in [9.17, 15) is 0 Å². The molecule has 5 aromatic heterocycles. The number of rotatable bonds is 1. The van der Waals surface area contributed by atoms with E-state index in [1.165, 1.54) is 10.8 Å². The van der Waals surface area contributed by atoms with Crippen LogP contribution in [0.25, 0.3) is 104 Å². The maximum Gasteiger partial charge on any atom is 0.165 e. The Kier molecular flexibility index (Phi) is 3.78. The Morgan fingerprint density at radius 1 is 0.442 bits per heavy atom. The molecule has 0 aliphatic carbocycles. The van der Waals surface area contributed by atoms with Crippen molar-refractivity contribution in [3.8, 4) is 11.1 Å². The Morgan fingerprint density at radius 3 is 1.98 bits per heavy atom. The SMILES string of the molecule is c1ccc2nc3c(nc2c1)c1cc(-c2ccc4oc5ccccc5c4c2)cc2c4ccc5oc6ccccc6c5c4n3c21. The van der Waals surface area contributed by atoms with Crippen LogP contribution in [0, 0.1) is 0 Å². The van der Waals surface area contributed by atoms with Crippen molar-refractivity contribution in [3.05, 3.63) is 115 Å². The second-order valence-electron chi connectivity index (χ2n) is 11.4. The third-order valence-electron chi connectivity index (χ3n) is 9.09. The Bertz CT molecular complexity index is 2960. The number of benzene rings is 6. The molecule has 0 aliphatic rings. The van der Waals surface area contributed by atoms with E-state index in [4.69, 9.17) is 18.8 Å². The van der Waals surface area contributed by atoms with Crippen molar-refractivity contribution in [1.82, 2.24) is 14.4 Å². The minimum Gasteiger partial charge on any atom is -0.456 e. The Hall–Kier alpha value is -5.94. The zero-order valence-electron chi connectivity index (χ0n) is 22.6. The van der Waals surface area contributed by atoms with E-state index in [1.807, 2.05) is 48.5 Å². The Morgan fingerprint density at radius 2 is 1.09 bits per heavy atom. The molecule has 0 fully saturated rings. The average Bonchev–Trinajstić information content (AvgIpc) is 3.79. The maximum absolute atomic E-state index is 6.33. The van der Waals surface area contributed by atoms with Gasteiger partial charge in [-0.05, 0) is 71.8 Å². The molecule has 11 aromatic rings. The van der Waals surface area contributed by atoms with Crippen molar-refractivity contribution < 1.29 is 8.83 Å². The van der Waals surface area contributed by atoms with Crippen LogP contribution in [0.5, 0.6) is 0 Å². The zero-order valence-corrected chi connectivity index (χ0v) is 22.6. The summed E-state index contributed by atoms with van der Waals surface area (Å²) in [7, 11) is 0. The van der Waals surface area contributed by atoms with Gasteiger partial charge in [-0.15, -0.1) is 0 Å². The lowest BCUT2D eigenvalue weighted by Gasteiger charge is -2.05. The number of hydrogen-bond acceptors (Lipinski definition) is 4. The molecular weight excluding hydrogens is 530 g/mol. The molecule has 0 amide bonds. The first-order valence-electron chi connectivity index (χ1n) is 14.4. The smallest absolute Gasteiger partial charge is 0.165 e. The number of fused-ring (bicyclic) bond motifs is 14. The number of para-hydroxylation sites is 4. The normalized spacial score (nSPS) is 12.7. The minimum absolute atomic E-state index is 0.861. The standard InChI is InChI=1S/C38H19N3O2/c1-5-11-30-22(7-1)25-17-20(13-15-32(25)42-30)21-18-26-23-14-16-33-34(24-8-2-6-12-31(24)43-33)37(23)41-36(26)27(19-21)35-38(41)40-29-10-4-3-9-28(29)39-35/h1-19H. The van der Waals surface area contributed by atoms with E-state index in [-0.39, 0.29) is 0 Å². The largest absolute Gasteiger partial charge is 0.456 e. The van der Waals surface area contributed by atoms with E-state index >= 15 is 0 Å². The number of furan rings is 2. The van der Waals surface area contributed by atoms with Gasteiger partial charge in [-0.1, -0.05) is 54.6 Å². The van der Waals surface area contributed by atoms with Gasteiger partial charge in [0.1, 0.15) is 27.8 Å². The molecule has 5 heteroatoms. The lowest BCUT2D eigenvalue weighted by molar-refractivity contribution is 0.668. The summed E-state index contributed by atoms with van der Waals surface area (Å²) in [5, 5.41) is 7.89. The highest BCUT2D eigenvalue weighted by Crippen LogP contribution is 2.45. The molecule has 0 bridgehead atoms. The third kappa shape index (κ3) is 2.67. The predicted octanol–water partition coefficient (Wildman–Crippen LogP) is 10.2. The summed E-state index contributed by atoms with van der Waals surface area (Å²) in [5.74, 6) is 0. The van der Waals surface area contributed by atoms with E-state index in [2.05, 4.69) is 71.1 Å². The van der Waals surface area contributed by atoms with Crippen LogP contribution in [-0.4, -0.2) is 14.4 Å². The molecule has 0 N–H and O–H groups in total. The second-order valence-corrected chi connectivity index (χ2v) is 11.4. The van der Waals surface area contributed by atoms with Gasteiger partial charge in [0, 0.05) is 32.3 Å². The highest BCUT2D eigenvalue weighted by molar-refractivity contribution is 6.30. The number of hydrogen-bond donors (Lipinski definition) is 0. The lowest BCUT2D eigenvalue weighted by Crippen LogP contribution is -1.89. The summed E-state index contributed by atoms with van der Waals surface area (Å²) < 4.78 is 14.8. The molecule has 0 spiro atoms. The van der Waals surface area contributed by atoms with Gasteiger partial charge in [-0.3, -0.25) is 4.40 Å². The first-order chi connectivity index (χ1) is 21.3. The van der Waals surface area contributed by atoms with E-state index in [0.717, 1.165) is 93.6 Å². The molecule has 11 rings (SSSR count). The van der Waals surface area contributed by atoms with Gasteiger partial charge in [0.2, 0.25) is 0 Å². The summed E-state index contributed by atoms with van der Waals surface area (Å²) in [5.41, 5.74) is 11.6. The van der Waals surface area contributed by atoms with E-state index < -0.39 is 0 Å². The average molecular weight is 550 g/mol. The van der Waals surface area contributed by atoms with Crippen molar-refractivity contribution in [2.24, 2.45) is 0 Å². The molecule has 0 saturated heterocycles. The summed E-state index contributed by atoms with van der Waals surface area (Å²) in [6, 6.07) is 40.0. The van der Waals surface area contributed by atoms with Crippen LogP contribution in [0.15, 0.2) is 124 Å². The van der Waals surface area contributed by atoms with Crippen LogP contribution >= 0.6 is 0 Å². The molecule has 0 unspecified atom stereocenters. The fraction of sp³-hybridized carbons (Fsp3) is 0. The van der Waals surface area contributed by atoms with Crippen LogP contribution in [-0.2, 0) is 0 Å². The fourth-order valence-corrected chi connectivity index (χ4v) is 7.23. The summed E-state index contributed by atoms with van der Waals surface area (Å²) in [4.78, 5) is 10.4. The van der Waals surface area contributed by atoms with Gasteiger partial charge in [0.15, 0.2) is 5.65 Å². The van der Waals surface area contributed by atoms with Crippen LogP contribution < -0.4 is 0 Å². The molecule has 5 heterocycles. The van der Waals surface area contributed by atoms with Gasteiger partial charge in [0.05, 0.1) is 27.5 Å². The summed E-state index contributed by atoms with van der Waals surface area (Å²) in [6.45, 7) is 0.